The smallest absolute Gasteiger partial charge is 0.332 e. The topological polar surface area (TPSA) is 50.5 Å². The van der Waals surface area contributed by atoms with Crippen LogP contribution in [-0.4, -0.2) is 33.6 Å². The van der Waals surface area contributed by atoms with Gasteiger partial charge in [0.1, 0.15) is 18.0 Å². The SMILES string of the molecule is C=N/C(=C\C=C/C)n1cnc2c1CCN(C(=O)c1cccc(C(F)(F)F)c1F)C2. The first-order chi connectivity index (χ1) is 13.8. The van der Waals surface area contributed by atoms with Gasteiger partial charge in [0, 0.05) is 13.0 Å². The van der Waals surface area contributed by atoms with Gasteiger partial charge in [-0.05, 0) is 31.9 Å². The zero-order chi connectivity index (χ0) is 21.2. The number of alkyl halides is 3. The van der Waals surface area contributed by atoms with Crippen LogP contribution in [0.15, 0.2) is 47.7 Å². The van der Waals surface area contributed by atoms with Crippen molar-refractivity contribution in [3.8, 4) is 0 Å². The molecule has 0 aliphatic carbocycles. The van der Waals surface area contributed by atoms with Crippen molar-refractivity contribution in [1.82, 2.24) is 14.5 Å². The maximum atomic E-state index is 14.3. The second-order valence-electron chi connectivity index (χ2n) is 6.36. The Morgan fingerprint density at radius 2 is 2.10 bits per heavy atom. The summed E-state index contributed by atoms with van der Waals surface area (Å²) in [6.45, 7) is 5.67. The Bertz CT molecular complexity index is 1000. The number of rotatable bonds is 4. The highest BCUT2D eigenvalue weighted by molar-refractivity contribution is 5.94. The first kappa shape index (κ1) is 20.5. The molecule has 1 aromatic carbocycles. The number of aliphatic imine (C=N–C) groups is 1. The van der Waals surface area contributed by atoms with E-state index in [9.17, 15) is 22.4 Å². The quantitative estimate of drug-likeness (QED) is 0.432. The number of imidazole rings is 1. The largest absolute Gasteiger partial charge is 0.419 e. The lowest BCUT2D eigenvalue weighted by atomic mass is 10.1. The third kappa shape index (κ3) is 3.98. The second-order valence-corrected chi connectivity index (χ2v) is 6.36. The van der Waals surface area contributed by atoms with E-state index in [1.165, 1.54) is 4.90 Å². The minimum absolute atomic E-state index is 0.0604. The Kier molecular flexibility index (Phi) is 5.67. The summed E-state index contributed by atoms with van der Waals surface area (Å²) in [5.74, 6) is -1.81. The van der Waals surface area contributed by atoms with Crippen molar-refractivity contribution in [2.75, 3.05) is 6.54 Å². The number of aromatic nitrogens is 2. The number of carbonyl (C=O) groups is 1. The molecule has 2 aromatic rings. The average molecular weight is 406 g/mol. The molecule has 2 heterocycles. The molecule has 1 aromatic heterocycles. The van der Waals surface area contributed by atoms with E-state index in [4.69, 9.17) is 0 Å². The Morgan fingerprint density at radius 3 is 2.76 bits per heavy atom. The molecule has 1 aliphatic heterocycles. The number of carbonyl (C=O) groups excluding carboxylic acids is 1. The number of halogens is 4. The van der Waals surface area contributed by atoms with Crippen LogP contribution in [0.2, 0.25) is 0 Å². The summed E-state index contributed by atoms with van der Waals surface area (Å²) in [5, 5.41) is 0. The van der Waals surface area contributed by atoms with Gasteiger partial charge in [-0.25, -0.2) is 14.4 Å². The van der Waals surface area contributed by atoms with Crippen molar-refractivity contribution in [3.63, 3.8) is 0 Å². The summed E-state index contributed by atoms with van der Waals surface area (Å²) in [7, 11) is 0. The van der Waals surface area contributed by atoms with E-state index in [0.29, 0.717) is 24.0 Å². The minimum atomic E-state index is -4.87. The molecule has 0 fully saturated rings. The lowest BCUT2D eigenvalue weighted by Gasteiger charge is -2.27. The minimum Gasteiger partial charge on any atom is -0.332 e. The van der Waals surface area contributed by atoms with Crippen LogP contribution in [0.1, 0.15) is 34.2 Å². The van der Waals surface area contributed by atoms with Gasteiger partial charge < -0.3 is 4.90 Å². The molecule has 0 bridgehead atoms. The first-order valence-corrected chi connectivity index (χ1v) is 8.78. The second kappa shape index (κ2) is 8.02. The molecular weight excluding hydrogens is 388 g/mol. The number of nitrogens with zero attached hydrogens (tertiary/aromatic N) is 4. The van der Waals surface area contributed by atoms with Crippen LogP contribution in [0.4, 0.5) is 17.6 Å². The summed E-state index contributed by atoms with van der Waals surface area (Å²) in [4.78, 5) is 22.2. The van der Waals surface area contributed by atoms with Crippen molar-refractivity contribution in [2.24, 2.45) is 4.99 Å². The summed E-state index contributed by atoms with van der Waals surface area (Å²) in [6, 6.07) is 2.70. The number of fused-ring (bicyclic) bond motifs is 1. The van der Waals surface area contributed by atoms with Crippen LogP contribution in [0.3, 0.4) is 0 Å². The molecule has 0 saturated heterocycles. The van der Waals surface area contributed by atoms with E-state index in [1.54, 1.807) is 23.0 Å². The van der Waals surface area contributed by atoms with Gasteiger partial charge in [0.05, 0.1) is 29.1 Å². The van der Waals surface area contributed by atoms with E-state index < -0.39 is 29.0 Å². The van der Waals surface area contributed by atoms with Gasteiger partial charge >= 0.3 is 6.18 Å². The Labute approximate surface area is 164 Å². The average Bonchev–Trinajstić information content (AvgIpc) is 3.10. The Hall–Kier alpha value is -3.23. The number of allylic oxidation sites excluding steroid dienone is 3. The van der Waals surface area contributed by atoms with Gasteiger partial charge in [0.2, 0.25) is 0 Å². The zero-order valence-electron chi connectivity index (χ0n) is 15.6. The molecule has 0 saturated carbocycles. The van der Waals surface area contributed by atoms with Crippen molar-refractivity contribution in [2.45, 2.75) is 26.1 Å². The van der Waals surface area contributed by atoms with E-state index in [0.717, 1.165) is 17.8 Å². The van der Waals surface area contributed by atoms with Gasteiger partial charge in [-0.2, -0.15) is 13.2 Å². The van der Waals surface area contributed by atoms with Gasteiger partial charge in [0.25, 0.3) is 5.91 Å². The maximum absolute atomic E-state index is 14.3. The van der Waals surface area contributed by atoms with Crippen LogP contribution in [0.25, 0.3) is 5.82 Å². The van der Waals surface area contributed by atoms with E-state index >= 15 is 0 Å². The molecule has 0 unspecified atom stereocenters. The fraction of sp³-hybridized carbons (Fsp3) is 0.250. The summed E-state index contributed by atoms with van der Waals surface area (Å²) >= 11 is 0. The predicted molar refractivity (Wildman–Crippen MR) is 101 cm³/mol. The molecule has 3 rings (SSSR count). The molecule has 0 N–H and O–H groups in total. The Morgan fingerprint density at radius 1 is 1.34 bits per heavy atom. The third-order valence-electron chi connectivity index (χ3n) is 4.58. The lowest BCUT2D eigenvalue weighted by molar-refractivity contribution is -0.140. The number of amides is 1. The van der Waals surface area contributed by atoms with Gasteiger partial charge in [0.15, 0.2) is 0 Å². The molecule has 152 valence electrons. The highest BCUT2D eigenvalue weighted by Gasteiger charge is 2.36. The molecule has 0 radical (unpaired) electrons. The number of benzene rings is 1. The van der Waals surface area contributed by atoms with E-state index in [1.807, 2.05) is 13.0 Å². The monoisotopic (exact) mass is 406 g/mol. The molecule has 29 heavy (non-hydrogen) atoms. The van der Waals surface area contributed by atoms with Crippen LogP contribution in [0.5, 0.6) is 0 Å². The van der Waals surface area contributed by atoms with E-state index in [2.05, 4.69) is 16.7 Å². The van der Waals surface area contributed by atoms with Gasteiger partial charge in [-0.3, -0.25) is 9.36 Å². The normalized spacial score (nSPS) is 14.9. The first-order valence-electron chi connectivity index (χ1n) is 8.78. The fourth-order valence-electron chi connectivity index (χ4n) is 3.16. The molecule has 0 spiro atoms. The summed E-state index contributed by atoms with van der Waals surface area (Å²) < 4.78 is 54.9. The molecule has 9 heteroatoms. The molecule has 0 atom stereocenters. The highest BCUT2D eigenvalue weighted by Crippen LogP contribution is 2.33. The van der Waals surface area contributed by atoms with Gasteiger partial charge in [-0.1, -0.05) is 18.2 Å². The number of hydrogen-bond acceptors (Lipinski definition) is 3. The van der Waals surface area contributed by atoms with Crippen molar-refractivity contribution < 1.29 is 22.4 Å². The molecule has 1 aliphatic rings. The highest BCUT2D eigenvalue weighted by atomic mass is 19.4. The van der Waals surface area contributed by atoms with Gasteiger partial charge in [-0.15, -0.1) is 0 Å². The molecule has 5 nitrogen and oxygen atoms in total. The van der Waals surface area contributed by atoms with Crippen molar-refractivity contribution >= 4 is 18.4 Å². The summed E-state index contributed by atoms with van der Waals surface area (Å²) in [6.07, 6.45) is 2.45. The van der Waals surface area contributed by atoms with Crippen LogP contribution in [-0.2, 0) is 19.1 Å². The third-order valence-corrected chi connectivity index (χ3v) is 4.58. The Balaban J connectivity index is 1.88. The molecular formula is C20H18F4N4O. The standard InChI is InChI=1S/C20H18F4N4O/c1-3-4-8-17(25-2)28-12-26-15-11-27(10-9-16(15)28)19(29)13-6-5-7-14(18(13)21)20(22,23)24/h3-8,12H,2,9-11H2,1H3/b4-3-,17-8+. The molecule has 1 amide bonds. The van der Waals surface area contributed by atoms with Crippen molar-refractivity contribution in [3.05, 3.63) is 71.1 Å². The maximum Gasteiger partial charge on any atom is 0.419 e. The van der Waals surface area contributed by atoms with E-state index in [-0.39, 0.29) is 13.1 Å². The summed E-state index contributed by atoms with van der Waals surface area (Å²) in [5.41, 5.74) is -0.668. The lowest BCUT2D eigenvalue weighted by Crippen LogP contribution is -2.37. The predicted octanol–water partition coefficient (Wildman–Crippen LogP) is 4.31. The van der Waals surface area contributed by atoms with Crippen LogP contribution < -0.4 is 0 Å². The van der Waals surface area contributed by atoms with Crippen LogP contribution in [0, 0.1) is 5.82 Å². The van der Waals surface area contributed by atoms with Crippen molar-refractivity contribution in [1.29, 1.82) is 0 Å². The number of hydrogen-bond donors (Lipinski definition) is 0. The van der Waals surface area contributed by atoms with Crippen LogP contribution >= 0.6 is 0 Å². The zero-order valence-corrected chi connectivity index (χ0v) is 15.6. The fourth-order valence-corrected chi connectivity index (χ4v) is 3.16.